The van der Waals surface area contributed by atoms with Crippen LogP contribution in [0.5, 0.6) is 0 Å². The Bertz CT molecular complexity index is 464. The van der Waals surface area contributed by atoms with Gasteiger partial charge in [-0.25, -0.2) is 0 Å². The molecule has 0 heterocycles. The number of benzene rings is 1. The smallest absolute Gasteiger partial charge is 0.191 e. The van der Waals surface area contributed by atoms with E-state index in [0.29, 0.717) is 6.04 Å². The summed E-state index contributed by atoms with van der Waals surface area (Å²) in [6.07, 6.45) is 6.58. The average Bonchev–Trinajstić information content (AvgIpc) is 2.53. The fraction of sp³-hybridized carbons (Fsp3) is 0.611. The molecule has 0 amide bonds. The molecule has 2 rings (SSSR count). The first-order chi connectivity index (χ1) is 10.7. The van der Waals surface area contributed by atoms with E-state index in [0.717, 1.165) is 19.0 Å². The average molecular weight is 430 g/mol. The Morgan fingerprint density at radius 3 is 2.26 bits per heavy atom. The fourth-order valence-electron chi connectivity index (χ4n) is 2.95. The molecule has 1 aliphatic carbocycles. The number of hydrogen-bond donors (Lipinski definition) is 2. The number of rotatable bonds is 5. The van der Waals surface area contributed by atoms with Gasteiger partial charge in [-0.2, -0.15) is 0 Å². The maximum atomic E-state index is 4.34. The van der Waals surface area contributed by atoms with Crippen molar-refractivity contribution < 1.29 is 0 Å². The molecule has 0 radical (unpaired) electrons. The Morgan fingerprint density at radius 2 is 1.70 bits per heavy atom. The standard InChI is InChI=1S/C18H30N4.HI/c1-19-18(21-17-7-5-4-6-8-17)20-13-15-9-11-16(12-10-15)14-22(2)3;/h9-12,17H,4-8,13-14H2,1-3H3,(H2,19,20,21);1H. The summed E-state index contributed by atoms with van der Waals surface area (Å²) in [5.74, 6) is 0.921. The van der Waals surface area contributed by atoms with Gasteiger partial charge >= 0.3 is 0 Å². The predicted molar refractivity (Wildman–Crippen MR) is 109 cm³/mol. The van der Waals surface area contributed by atoms with E-state index >= 15 is 0 Å². The van der Waals surface area contributed by atoms with Gasteiger partial charge < -0.3 is 15.5 Å². The monoisotopic (exact) mass is 430 g/mol. The van der Waals surface area contributed by atoms with Gasteiger partial charge in [0.1, 0.15) is 0 Å². The number of hydrogen-bond acceptors (Lipinski definition) is 2. The van der Waals surface area contributed by atoms with Crippen molar-refractivity contribution in [2.45, 2.75) is 51.2 Å². The number of nitrogens with zero attached hydrogens (tertiary/aromatic N) is 2. The topological polar surface area (TPSA) is 39.7 Å². The summed E-state index contributed by atoms with van der Waals surface area (Å²) >= 11 is 0. The molecule has 4 nitrogen and oxygen atoms in total. The van der Waals surface area contributed by atoms with Crippen molar-refractivity contribution in [1.29, 1.82) is 0 Å². The number of nitrogens with one attached hydrogen (secondary N) is 2. The van der Waals surface area contributed by atoms with Gasteiger partial charge in [0, 0.05) is 26.2 Å². The van der Waals surface area contributed by atoms with Gasteiger partial charge in [0.25, 0.3) is 0 Å². The third-order valence-corrected chi connectivity index (χ3v) is 4.15. The number of halogens is 1. The molecular weight excluding hydrogens is 399 g/mol. The van der Waals surface area contributed by atoms with Crippen LogP contribution in [0.1, 0.15) is 43.2 Å². The minimum absolute atomic E-state index is 0. The van der Waals surface area contributed by atoms with Gasteiger partial charge in [0.05, 0.1) is 0 Å². The van der Waals surface area contributed by atoms with Crippen molar-refractivity contribution in [1.82, 2.24) is 15.5 Å². The SMILES string of the molecule is CN=C(NCc1ccc(CN(C)C)cc1)NC1CCCCC1.I. The van der Waals surface area contributed by atoms with E-state index in [1.807, 2.05) is 7.05 Å². The van der Waals surface area contributed by atoms with Crippen LogP contribution in [0.15, 0.2) is 29.3 Å². The predicted octanol–water partition coefficient (Wildman–Crippen LogP) is 3.36. The lowest BCUT2D eigenvalue weighted by Gasteiger charge is -2.24. The number of aliphatic imine (C=N–C) groups is 1. The van der Waals surface area contributed by atoms with E-state index in [9.17, 15) is 0 Å². The lowest BCUT2D eigenvalue weighted by atomic mass is 9.96. The van der Waals surface area contributed by atoms with Crippen LogP contribution in [-0.4, -0.2) is 38.0 Å². The molecule has 0 bridgehead atoms. The van der Waals surface area contributed by atoms with Gasteiger partial charge in [-0.3, -0.25) is 4.99 Å². The van der Waals surface area contributed by atoms with Crippen LogP contribution in [0.2, 0.25) is 0 Å². The van der Waals surface area contributed by atoms with Gasteiger partial charge in [-0.15, -0.1) is 24.0 Å². The summed E-state index contributed by atoms with van der Waals surface area (Å²) in [4.78, 5) is 6.53. The molecule has 1 saturated carbocycles. The normalized spacial score (nSPS) is 16.1. The van der Waals surface area contributed by atoms with Crippen molar-refractivity contribution in [3.8, 4) is 0 Å². The molecular formula is C18H31IN4. The Morgan fingerprint density at radius 1 is 1.09 bits per heavy atom. The molecule has 1 aliphatic rings. The van der Waals surface area contributed by atoms with Crippen LogP contribution < -0.4 is 10.6 Å². The quantitative estimate of drug-likeness (QED) is 0.428. The fourth-order valence-corrected chi connectivity index (χ4v) is 2.95. The molecule has 0 atom stereocenters. The highest BCUT2D eigenvalue weighted by Crippen LogP contribution is 2.17. The Kier molecular flexibility index (Phi) is 9.55. The third-order valence-electron chi connectivity index (χ3n) is 4.15. The van der Waals surface area contributed by atoms with Crippen LogP contribution in [0, 0.1) is 0 Å². The van der Waals surface area contributed by atoms with Gasteiger partial charge in [-0.05, 0) is 38.1 Å². The van der Waals surface area contributed by atoms with Gasteiger partial charge in [0.15, 0.2) is 5.96 Å². The lowest BCUT2D eigenvalue weighted by molar-refractivity contribution is 0.402. The summed E-state index contributed by atoms with van der Waals surface area (Å²) in [6.45, 7) is 1.80. The van der Waals surface area contributed by atoms with Gasteiger partial charge in [0.2, 0.25) is 0 Å². The second kappa shape index (κ2) is 10.9. The number of guanidine groups is 1. The summed E-state index contributed by atoms with van der Waals surface area (Å²) in [5, 5.41) is 6.97. The van der Waals surface area contributed by atoms with Crippen LogP contribution in [0.4, 0.5) is 0 Å². The van der Waals surface area contributed by atoms with Crippen molar-refractivity contribution in [2.75, 3.05) is 21.1 Å². The highest BCUT2D eigenvalue weighted by Gasteiger charge is 2.14. The second-order valence-corrected chi connectivity index (χ2v) is 6.46. The molecule has 0 spiro atoms. The Labute approximate surface area is 158 Å². The minimum atomic E-state index is 0. The zero-order chi connectivity index (χ0) is 15.8. The molecule has 5 heteroatoms. The molecule has 130 valence electrons. The van der Waals surface area contributed by atoms with Crippen molar-refractivity contribution in [3.05, 3.63) is 35.4 Å². The van der Waals surface area contributed by atoms with Crippen molar-refractivity contribution in [3.63, 3.8) is 0 Å². The van der Waals surface area contributed by atoms with E-state index < -0.39 is 0 Å². The molecule has 1 aromatic carbocycles. The van der Waals surface area contributed by atoms with E-state index in [1.54, 1.807) is 0 Å². The van der Waals surface area contributed by atoms with Crippen LogP contribution >= 0.6 is 24.0 Å². The van der Waals surface area contributed by atoms with Gasteiger partial charge in [-0.1, -0.05) is 43.5 Å². The highest BCUT2D eigenvalue weighted by atomic mass is 127. The van der Waals surface area contributed by atoms with Crippen LogP contribution in [0.3, 0.4) is 0 Å². The lowest BCUT2D eigenvalue weighted by Crippen LogP contribution is -2.43. The summed E-state index contributed by atoms with van der Waals surface area (Å²) in [5.41, 5.74) is 2.63. The molecule has 23 heavy (non-hydrogen) atoms. The maximum absolute atomic E-state index is 4.34. The highest BCUT2D eigenvalue weighted by molar-refractivity contribution is 14.0. The first-order valence-electron chi connectivity index (χ1n) is 8.37. The molecule has 1 fully saturated rings. The molecule has 0 saturated heterocycles. The van der Waals surface area contributed by atoms with Crippen molar-refractivity contribution >= 4 is 29.9 Å². The maximum Gasteiger partial charge on any atom is 0.191 e. The molecule has 2 N–H and O–H groups in total. The molecule has 1 aromatic rings. The molecule has 0 unspecified atom stereocenters. The van der Waals surface area contributed by atoms with E-state index in [-0.39, 0.29) is 24.0 Å². The van der Waals surface area contributed by atoms with Crippen molar-refractivity contribution in [2.24, 2.45) is 4.99 Å². The van der Waals surface area contributed by atoms with E-state index in [1.165, 1.54) is 43.2 Å². The van der Waals surface area contributed by atoms with Crippen LogP contribution in [0.25, 0.3) is 0 Å². The zero-order valence-electron chi connectivity index (χ0n) is 14.6. The first-order valence-corrected chi connectivity index (χ1v) is 8.37. The van der Waals surface area contributed by atoms with E-state index in [4.69, 9.17) is 0 Å². The molecule has 0 aromatic heterocycles. The van der Waals surface area contributed by atoms with E-state index in [2.05, 4.69) is 58.9 Å². The molecule has 0 aliphatic heterocycles. The van der Waals surface area contributed by atoms with Crippen LogP contribution in [-0.2, 0) is 13.1 Å². The first kappa shape index (κ1) is 20.2. The largest absolute Gasteiger partial charge is 0.354 e. The zero-order valence-corrected chi connectivity index (χ0v) is 17.0. The third kappa shape index (κ3) is 7.52. The summed E-state index contributed by atoms with van der Waals surface area (Å²) in [6, 6.07) is 9.38. The second-order valence-electron chi connectivity index (χ2n) is 6.46. The summed E-state index contributed by atoms with van der Waals surface area (Å²) in [7, 11) is 6.03. The summed E-state index contributed by atoms with van der Waals surface area (Å²) < 4.78 is 0. The Balaban J connectivity index is 0.00000264. The minimum Gasteiger partial charge on any atom is -0.354 e. The Hall–Kier alpha value is -0.820.